The zero-order valence-electron chi connectivity index (χ0n) is 25.2. The summed E-state index contributed by atoms with van der Waals surface area (Å²) in [6.45, 7) is 7.49. The Bertz CT molecular complexity index is 1150. The van der Waals surface area contributed by atoms with Gasteiger partial charge in [0.25, 0.3) is 11.8 Å². The molecule has 1 aliphatic rings. The molecule has 0 aromatic heterocycles. The predicted molar refractivity (Wildman–Crippen MR) is 158 cm³/mol. The number of benzene rings is 1. The van der Waals surface area contributed by atoms with Crippen molar-refractivity contribution in [3.05, 3.63) is 42.0 Å². The summed E-state index contributed by atoms with van der Waals surface area (Å²) < 4.78 is 5.77. The Morgan fingerprint density at radius 1 is 0.884 bits per heavy atom. The second kappa shape index (κ2) is 17.8. The van der Waals surface area contributed by atoms with E-state index in [0.717, 1.165) is 4.90 Å². The van der Waals surface area contributed by atoms with E-state index in [4.69, 9.17) is 9.84 Å². The van der Waals surface area contributed by atoms with E-state index < -0.39 is 35.6 Å². The molecule has 13 nitrogen and oxygen atoms in total. The monoisotopic (exact) mass is 601 g/mol. The van der Waals surface area contributed by atoms with Gasteiger partial charge >= 0.3 is 0 Å². The number of hydrogen-bond acceptors (Lipinski definition) is 8. The number of nitrogens with zero attached hydrogens (tertiary/aromatic N) is 1. The minimum atomic E-state index is -0.826. The summed E-state index contributed by atoms with van der Waals surface area (Å²) in [5, 5.41) is 19.8. The molecular weight excluding hydrogens is 558 g/mol. The molecule has 6 amide bonds. The van der Waals surface area contributed by atoms with Crippen LogP contribution in [0, 0.1) is 11.8 Å². The number of aliphatic hydroxyl groups is 1. The molecule has 0 spiro atoms. The van der Waals surface area contributed by atoms with Gasteiger partial charge in [-0.05, 0) is 43.4 Å². The number of ether oxygens (including phenoxy) is 1. The number of aliphatic hydroxyl groups excluding tert-OH is 1. The van der Waals surface area contributed by atoms with Crippen LogP contribution in [0.3, 0.4) is 0 Å². The molecule has 0 saturated heterocycles. The van der Waals surface area contributed by atoms with Crippen LogP contribution in [-0.2, 0) is 40.1 Å². The van der Waals surface area contributed by atoms with Gasteiger partial charge in [-0.1, -0.05) is 32.9 Å². The molecule has 1 aromatic carbocycles. The van der Waals surface area contributed by atoms with Crippen LogP contribution in [-0.4, -0.2) is 83.8 Å². The van der Waals surface area contributed by atoms with Gasteiger partial charge in [0.1, 0.15) is 6.04 Å². The van der Waals surface area contributed by atoms with E-state index in [0.29, 0.717) is 37.2 Å². The molecule has 0 saturated carbocycles. The third-order valence-corrected chi connectivity index (χ3v) is 6.83. The lowest BCUT2D eigenvalue weighted by molar-refractivity contribution is -0.137. The summed E-state index contributed by atoms with van der Waals surface area (Å²) in [5.41, 5.74) is 1.24. The molecule has 1 heterocycles. The molecule has 3 atom stereocenters. The highest BCUT2D eigenvalue weighted by Crippen LogP contribution is 2.11. The standard InChI is InChI=1S/C30H43N5O8/c1-19(2)28(30(42)32-17-25(38)33-23-7-5-22(18-36)6-8-23)34-29(41)20(3)13-16-43-21(4)11-14-31-24(37)12-15-35-26(39)9-10-27(35)40/h5-10,19-21,28,36H,11-18H2,1-4H3,(H,31,37)(H,32,42)(H,33,38)(H,34,41). The van der Waals surface area contributed by atoms with Crippen LogP contribution in [0.4, 0.5) is 5.69 Å². The van der Waals surface area contributed by atoms with Gasteiger partial charge in [-0.2, -0.15) is 0 Å². The minimum absolute atomic E-state index is 0.0180. The van der Waals surface area contributed by atoms with Crippen molar-refractivity contribution < 1.29 is 38.6 Å². The third kappa shape index (κ3) is 12.3. The van der Waals surface area contributed by atoms with Crippen molar-refractivity contribution in [2.75, 3.05) is 31.6 Å². The van der Waals surface area contributed by atoms with Crippen LogP contribution in [0.5, 0.6) is 0 Å². The van der Waals surface area contributed by atoms with Crippen molar-refractivity contribution in [3.63, 3.8) is 0 Å². The summed E-state index contributed by atoms with van der Waals surface area (Å²) in [6.07, 6.45) is 3.13. The number of nitrogens with one attached hydrogen (secondary N) is 4. The quantitative estimate of drug-likeness (QED) is 0.152. The molecule has 1 aliphatic heterocycles. The Hall–Kier alpha value is -4.10. The molecule has 2 rings (SSSR count). The molecule has 0 aliphatic carbocycles. The molecule has 43 heavy (non-hydrogen) atoms. The van der Waals surface area contributed by atoms with Crippen molar-refractivity contribution in [1.29, 1.82) is 0 Å². The number of imide groups is 1. The fourth-order valence-corrected chi connectivity index (χ4v) is 4.04. The first-order valence-corrected chi connectivity index (χ1v) is 14.4. The maximum absolute atomic E-state index is 12.8. The molecule has 0 fully saturated rings. The van der Waals surface area contributed by atoms with E-state index in [1.807, 2.05) is 6.92 Å². The minimum Gasteiger partial charge on any atom is -0.392 e. The highest BCUT2D eigenvalue weighted by Gasteiger charge is 2.27. The van der Waals surface area contributed by atoms with Crippen LogP contribution < -0.4 is 21.3 Å². The van der Waals surface area contributed by atoms with Crippen LogP contribution >= 0.6 is 0 Å². The van der Waals surface area contributed by atoms with Gasteiger partial charge in [-0.3, -0.25) is 33.7 Å². The zero-order valence-corrected chi connectivity index (χ0v) is 25.2. The van der Waals surface area contributed by atoms with E-state index in [9.17, 15) is 28.8 Å². The topological polar surface area (TPSA) is 183 Å². The van der Waals surface area contributed by atoms with Crippen LogP contribution in [0.25, 0.3) is 0 Å². The summed E-state index contributed by atoms with van der Waals surface area (Å²) in [4.78, 5) is 73.8. The van der Waals surface area contributed by atoms with E-state index in [1.165, 1.54) is 12.2 Å². The number of rotatable bonds is 18. The molecular formula is C30H43N5O8. The summed E-state index contributed by atoms with van der Waals surface area (Å²) in [7, 11) is 0. The fourth-order valence-electron chi connectivity index (χ4n) is 4.04. The lowest BCUT2D eigenvalue weighted by Crippen LogP contribution is -2.52. The number of anilines is 1. The Morgan fingerprint density at radius 2 is 1.53 bits per heavy atom. The van der Waals surface area contributed by atoms with Gasteiger partial charge < -0.3 is 31.1 Å². The Morgan fingerprint density at radius 3 is 2.14 bits per heavy atom. The lowest BCUT2D eigenvalue weighted by atomic mass is 10.0. The first-order chi connectivity index (χ1) is 20.4. The van der Waals surface area contributed by atoms with Crippen LogP contribution in [0.15, 0.2) is 36.4 Å². The number of carbonyl (C=O) groups excluding carboxylic acids is 6. The average Bonchev–Trinajstić information content (AvgIpc) is 3.29. The highest BCUT2D eigenvalue weighted by atomic mass is 16.5. The number of carbonyl (C=O) groups is 6. The van der Waals surface area contributed by atoms with Crippen molar-refractivity contribution >= 4 is 41.1 Å². The van der Waals surface area contributed by atoms with Gasteiger partial charge in [0.2, 0.25) is 23.6 Å². The Kier molecular flexibility index (Phi) is 14.5. The van der Waals surface area contributed by atoms with Gasteiger partial charge in [-0.25, -0.2) is 0 Å². The molecule has 13 heteroatoms. The second-order valence-electron chi connectivity index (χ2n) is 10.8. The smallest absolute Gasteiger partial charge is 0.253 e. The largest absolute Gasteiger partial charge is 0.392 e. The van der Waals surface area contributed by atoms with Crippen LogP contribution in [0.1, 0.15) is 52.5 Å². The average molecular weight is 602 g/mol. The summed E-state index contributed by atoms with van der Waals surface area (Å²) >= 11 is 0. The normalized spacial score (nSPS) is 14.8. The fraction of sp³-hybridized carbons (Fsp3) is 0.533. The molecule has 236 valence electrons. The number of amides is 6. The van der Waals surface area contributed by atoms with Crippen LogP contribution in [0.2, 0.25) is 0 Å². The van der Waals surface area contributed by atoms with Gasteiger partial charge in [-0.15, -0.1) is 0 Å². The Balaban J connectivity index is 1.64. The van der Waals surface area contributed by atoms with Crippen molar-refractivity contribution in [2.24, 2.45) is 11.8 Å². The third-order valence-electron chi connectivity index (χ3n) is 6.83. The van der Waals surface area contributed by atoms with Crippen molar-refractivity contribution in [2.45, 2.75) is 65.7 Å². The van der Waals surface area contributed by atoms with E-state index in [-0.39, 0.29) is 50.0 Å². The van der Waals surface area contributed by atoms with Crippen molar-refractivity contribution in [3.8, 4) is 0 Å². The van der Waals surface area contributed by atoms with Gasteiger partial charge in [0.15, 0.2) is 0 Å². The molecule has 0 radical (unpaired) electrons. The van der Waals surface area contributed by atoms with Gasteiger partial charge in [0, 0.05) is 49.9 Å². The van der Waals surface area contributed by atoms with E-state index in [1.54, 1.807) is 45.0 Å². The first-order valence-electron chi connectivity index (χ1n) is 14.4. The lowest BCUT2D eigenvalue weighted by Gasteiger charge is -2.24. The maximum atomic E-state index is 12.8. The highest BCUT2D eigenvalue weighted by molar-refractivity contribution is 6.13. The van der Waals surface area contributed by atoms with E-state index >= 15 is 0 Å². The van der Waals surface area contributed by atoms with E-state index in [2.05, 4.69) is 21.3 Å². The molecule has 5 N–H and O–H groups in total. The SMILES string of the molecule is CC(CCNC(=O)CCN1C(=O)C=CC1=O)OCCC(C)C(=O)NC(C(=O)NCC(=O)Nc1ccc(CO)cc1)C(C)C. The number of hydrogen-bond donors (Lipinski definition) is 5. The molecule has 0 bridgehead atoms. The molecule has 1 aromatic rings. The second-order valence-corrected chi connectivity index (χ2v) is 10.8. The predicted octanol–water partition coefficient (Wildman–Crippen LogP) is 0.627. The van der Waals surface area contributed by atoms with Gasteiger partial charge in [0.05, 0.1) is 19.3 Å². The first kappa shape index (κ1) is 35.1. The maximum Gasteiger partial charge on any atom is 0.253 e. The van der Waals surface area contributed by atoms with Crippen molar-refractivity contribution in [1.82, 2.24) is 20.9 Å². The summed E-state index contributed by atoms with van der Waals surface area (Å²) in [6, 6.07) is 5.83. The molecule has 3 unspecified atom stereocenters. The summed E-state index contributed by atoms with van der Waals surface area (Å²) in [5.74, 6) is -2.98. The zero-order chi connectivity index (χ0) is 31.9. The Labute approximate surface area is 251 Å².